The summed E-state index contributed by atoms with van der Waals surface area (Å²) in [5.74, 6) is 0. The van der Waals surface area contributed by atoms with Crippen molar-refractivity contribution in [2.24, 2.45) is 5.73 Å². The molecule has 0 atom stereocenters. The second kappa shape index (κ2) is 5.97. The van der Waals surface area contributed by atoms with Crippen molar-refractivity contribution in [3.05, 3.63) is 34.3 Å². The highest BCUT2D eigenvalue weighted by Crippen LogP contribution is 2.29. The van der Waals surface area contributed by atoms with Gasteiger partial charge in [-0.1, -0.05) is 36.0 Å². The lowest BCUT2D eigenvalue weighted by Gasteiger charge is -2.21. The molecule has 1 aliphatic carbocycles. The molecule has 1 aliphatic rings. The number of benzene rings is 1. The predicted octanol–water partition coefficient (Wildman–Crippen LogP) is 1.93. The number of rotatable bonds is 6. The van der Waals surface area contributed by atoms with Crippen LogP contribution in [0.15, 0.2) is 18.2 Å². The van der Waals surface area contributed by atoms with Crippen LogP contribution >= 0.6 is 23.8 Å². The maximum atomic E-state index is 9.07. The fourth-order valence-electron chi connectivity index (χ4n) is 2.01. The highest BCUT2D eigenvalue weighted by atomic mass is 35.5. The summed E-state index contributed by atoms with van der Waals surface area (Å²) < 4.78 is 0. The zero-order valence-electron chi connectivity index (χ0n) is 10.1. The number of hydrogen-bond acceptors (Lipinski definition) is 3. The second-order valence-electron chi connectivity index (χ2n) is 4.60. The van der Waals surface area contributed by atoms with Crippen LogP contribution < -0.4 is 5.73 Å². The number of thiocarbonyl (C=S) groups is 1. The van der Waals surface area contributed by atoms with E-state index in [0.717, 1.165) is 17.7 Å². The average molecular weight is 285 g/mol. The van der Waals surface area contributed by atoms with Crippen LogP contribution in [0, 0.1) is 0 Å². The molecule has 1 saturated carbocycles. The fraction of sp³-hybridized carbons (Fsp3) is 0.462. The Hall–Kier alpha value is -0.680. The summed E-state index contributed by atoms with van der Waals surface area (Å²) >= 11 is 11.2. The van der Waals surface area contributed by atoms with Gasteiger partial charge in [0.05, 0.1) is 6.61 Å². The molecule has 0 radical (unpaired) electrons. The molecule has 0 amide bonds. The highest BCUT2D eigenvalue weighted by Gasteiger charge is 2.28. The van der Waals surface area contributed by atoms with Gasteiger partial charge < -0.3 is 10.8 Å². The first-order valence-corrected chi connectivity index (χ1v) is 6.83. The van der Waals surface area contributed by atoms with Crippen LogP contribution in [0.1, 0.15) is 24.0 Å². The van der Waals surface area contributed by atoms with E-state index < -0.39 is 0 Å². The Bertz CT molecular complexity index is 449. The van der Waals surface area contributed by atoms with E-state index >= 15 is 0 Å². The summed E-state index contributed by atoms with van der Waals surface area (Å²) in [7, 11) is 0. The third kappa shape index (κ3) is 3.42. The van der Waals surface area contributed by atoms with Gasteiger partial charge in [0.2, 0.25) is 0 Å². The van der Waals surface area contributed by atoms with E-state index in [1.165, 1.54) is 12.8 Å². The third-order valence-electron chi connectivity index (χ3n) is 3.16. The van der Waals surface area contributed by atoms with Crippen LogP contribution in [0.3, 0.4) is 0 Å². The van der Waals surface area contributed by atoms with E-state index in [2.05, 4.69) is 4.90 Å². The van der Waals surface area contributed by atoms with Crippen LogP contribution in [0.5, 0.6) is 0 Å². The first kappa shape index (κ1) is 13.7. The molecule has 5 heteroatoms. The Morgan fingerprint density at radius 2 is 2.22 bits per heavy atom. The van der Waals surface area contributed by atoms with Crippen LogP contribution in [0.2, 0.25) is 5.02 Å². The highest BCUT2D eigenvalue weighted by molar-refractivity contribution is 7.80. The monoisotopic (exact) mass is 284 g/mol. The molecule has 18 heavy (non-hydrogen) atoms. The topological polar surface area (TPSA) is 49.5 Å². The van der Waals surface area contributed by atoms with Gasteiger partial charge in [0.15, 0.2) is 0 Å². The molecule has 3 nitrogen and oxygen atoms in total. The second-order valence-corrected chi connectivity index (χ2v) is 5.44. The number of hydrogen-bond donors (Lipinski definition) is 2. The number of nitrogens with zero attached hydrogens (tertiary/aromatic N) is 1. The van der Waals surface area contributed by atoms with E-state index in [-0.39, 0.29) is 6.61 Å². The van der Waals surface area contributed by atoms with E-state index in [9.17, 15) is 0 Å². The minimum Gasteiger partial charge on any atom is -0.395 e. The molecule has 3 N–H and O–H groups in total. The van der Waals surface area contributed by atoms with Gasteiger partial charge in [-0.05, 0) is 24.5 Å². The zero-order chi connectivity index (χ0) is 13.1. The summed E-state index contributed by atoms with van der Waals surface area (Å²) in [5, 5.41) is 9.75. The molecule has 0 unspecified atom stereocenters. The first-order valence-electron chi connectivity index (χ1n) is 6.05. The largest absolute Gasteiger partial charge is 0.395 e. The van der Waals surface area contributed by atoms with Crippen molar-refractivity contribution in [2.45, 2.75) is 25.4 Å². The minimum absolute atomic E-state index is 0.180. The third-order valence-corrected chi connectivity index (χ3v) is 3.75. The SMILES string of the molecule is NC(=S)c1ccc(CN(CCO)C2CC2)c(Cl)c1. The molecular formula is C13H17ClN2OS. The molecule has 0 aliphatic heterocycles. The molecule has 2 rings (SSSR count). The summed E-state index contributed by atoms with van der Waals surface area (Å²) in [5.41, 5.74) is 7.41. The molecule has 1 fully saturated rings. The first-order chi connectivity index (χ1) is 8.61. The molecule has 98 valence electrons. The molecule has 0 spiro atoms. The molecule has 0 heterocycles. The molecule has 1 aromatic rings. The van der Waals surface area contributed by atoms with Crippen LogP contribution in [-0.2, 0) is 6.54 Å². The van der Waals surface area contributed by atoms with Crippen LogP contribution in [0.25, 0.3) is 0 Å². The Balaban J connectivity index is 2.10. The number of aliphatic hydroxyl groups is 1. The van der Waals surface area contributed by atoms with Crippen LogP contribution in [0.4, 0.5) is 0 Å². The van der Waals surface area contributed by atoms with Crippen molar-refractivity contribution >= 4 is 28.8 Å². The quantitative estimate of drug-likeness (QED) is 0.784. The molecular weight excluding hydrogens is 268 g/mol. The van der Waals surface area contributed by atoms with Crippen molar-refractivity contribution in [2.75, 3.05) is 13.2 Å². The van der Waals surface area contributed by atoms with E-state index in [0.29, 0.717) is 22.6 Å². The number of halogens is 1. The molecule has 0 saturated heterocycles. The molecule has 0 aromatic heterocycles. The number of aliphatic hydroxyl groups excluding tert-OH is 1. The van der Waals surface area contributed by atoms with E-state index in [1.807, 2.05) is 18.2 Å². The lowest BCUT2D eigenvalue weighted by molar-refractivity contribution is 0.183. The summed E-state index contributed by atoms with van der Waals surface area (Å²) in [6.07, 6.45) is 2.42. The summed E-state index contributed by atoms with van der Waals surface area (Å²) in [6.45, 7) is 1.64. The zero-order valence-corrected chi connectivity index (χ0v) is 11.7. The van der Waals surface area contributed by atoms with Gasteiger partial charge in [0, 0.05) is 29.7 Å². The normalized spacial score (nSPS) is 15.1. The van der Waals surface area contributed by atoms with E-state index in [4.69, 9.17) is 34.7 Å². The Morgan fingerprint density at radius 1 is 1.50 bits per heavy atom. The van der Waals surface area contributed by atoms with Crippen molar-refractivity contribution in [3.63, 3.8) is 0 Å². The van der Waals surface area contributed by atoms with Crippen molar-refractivity contribution in [3.8, 4) is 0 Å². The maximum absolute atomic E-state index is 9.07. The van der Waals surface area contributed by atoms with E-state index in [1.54, 1.807) is 0 Å². The average Bonchev–Trinajstić information content (AvgIpc) is 3.14. The van der Waals surface area contributed by atoms with Gasteiger partial charge in [-0.2, -0.15) is 0 Å². The fourth-order valence-corrected chi connectivity index (χ4v) is 2.37. The Labute approximate surface area is 118 Å². The standard InChI is InChI=1S/C13H17ClN2OS/c14-12-7-9(13(15)18)1-2-10(12)8-16(5-6-17)11-3-4-11/h1-2,7,11,17H,3-6,8H2,(H2,15,18). The smallest absolute Gasteiger partial charge is 0.104 e. The van der Waals surface area contributed by atoms with Crippen molar-refractivity contribution in [1.82, 2.24) is 4.90 Å². The van der Waals surface area contributed by atoms with Gasteiger partial charge >= 0.3 is 0 Å². The van der Waals surface area contributed by atoms with Gasteiger partial charge in [-0.15, -0.1) is 0 Å². The lowest BCUT2D eigenvalue weighted by Crippen LogP contribution is -2.28. The Morgan fingerprint density at radius 3 is 2.72 bits per heavy atom. The summed E-state index contributed by atoms with van der Waals surface area (Å²) in [6, 6.07) is 6.27. The molecule has 1 aromatic carbocycles. The predicted molar refractivity (Wildman–Crippen MR) is 77.9 cm³/mol. The van der Waals surface area contributed by atoms with Gasteiger partial charge in [-0.25, -0.2) is 0 Å². The minimum atomic E-state index is 0.180. The molecule has 0 bridgehead atoms. The van der Waals surface area contributed by atoms with Crippen LogP contribution in [-0.4, -0.2) is 34.2 Å². The number of nitrogens with two attached hydrogens (primary N) is 1. The lowest BCUT2D eigenvalue weighted by atomic mass is 10.1. The van der Waals surface area contributed by atoms with Crippen molar-refractivity contribution in [1.29, 1.82) is 0 Å². The van der Waals surface area contributed by atoms with Gasteiger partial charge in [0.25, 0.3) is 0 Å². The summed E-state index contributed by atoms with van der Waals surface area (Å²) in [4.78, 5) is 2.62. The van der Waals surface area contributed by atoms with Crippen molar-refractivity contribution < 1.29 is 5.11 Å². The van der Waals surface area contributed by atoms with Gasteiger partial charge in [-0.3, -0.25) is 4.90 Å². The Kier molecular flexibility index (Phi) is 4.56. The van der Waals surface area contributed by atoms with Gasteiger partial charge in [0.1, 0.15) is 4.99 Å². The maximum Gasteiger partial charge on any atom is 0.104 e.